The molecule has 1 aliphatic carbocycles. The van der Waals surface area contributed by atoms with Crippen LogP contribution in [0.3, 0.4) is 0 Å². The molecule has 0 aliphatic heterocycles. The molecule has 1 aromatic rings. The second-order valence-electron chi connectivity index (χ2n) is 5.79. The Hall–Kier alpha value is -1.01. The molecule has 2 rings (SSSR count). The lowest BCUT2D eigenvalue weighted by Crippen LogP contribution is -2.14. The van der Waals surface area contributed by atoms with Gasteiger partial charge in [-0.05, 0) is 17.1 Å². The number of rotatable bonds is 4. The highest BCUT2D eigenvalue weighted by Crippen LogP contribution is 2.63. The highest BCUT2D eigenvalue weighted by atomic mass is 32.2. The Balaban J connectivity index is 2.20. The predicted molar refractivity (Wildman–Crippen MR) is 76.6 cm³/mol. The number of nitrogen functional groups attached to an aromatic ring is 1. The third kappa shape index (κ3) is 2.03. The third-order valence-electron chi connectivity index (χ3n) is 4.35. The minimum Gasteiger partial charge on any atom is -0.366 e. The van der Waals surface area contributed by atoms with Crippen molar-refractivity contribution in [3.8, 4) is 0 Å². The van der Waals surface area contributed by atoms with Crippen molar-refractivity contribution in [1.82, 2.24) is 9.97 Å². The van der Waals surface area contributed by atoms with E-state index in [0.29, 0.717) is 17.0 Å². The van der Waals surface area contributed by atoms with Crippen molar-refractivity contribution in [3.05, 3.63) is 6.07 Å². The van der Waals surface area contributed by atoms with Crippen molar-refractivity contribution in [2.75, 3.05) is 17.0 Å². The van der Waals surface area contributed by atoms with E-state index in [1.165, 1.54) is 11.8 Å². The molecule has 0 atom stereocenters. The molecule has 0 amide bonds. The van der Waals surface area contributed by atoms with Crippen LogP contribution in [0.2, 0.25) is 0 Å². The molecule has 0 spiro atoms. The smallest absolute Gasteiger partial charge is 0.191 e. The quantitative estimate of drug-likeness (QED) is 0.336. The summed E-state index contributed by atoms with van der Waals surface area (Å²) in [6, 6.07) is 2.25. The van der Waals surface area contributed by atoms with Crippen molar-refractivity contribution < 1.29 is 0 Å². The van der Waals surface area contributed by atoms with Crippen molar-refractivity contribution in [2.24, 2.45) is 16.7 Å². The summed E-state index contributed by atoms with van der Waals surface area (Å²) in [4.78, 5) is 8.70. The van der Waals surface area contributed by atoms with Crippen molar-refractivity contribution in [1.29, 1.82) is 0 Å². The van der Waals surface area contributed by atoms with E-state index in [1.54, 1.807) is 0 Å². The molecule has 1 heterocycles. The van der Waals surface area contributed by atoms with Crippen LogP contribution in [-0.2, 0) is 0 Å². The van der Waals surface area contributed by atoms with Gasteiger partial charge in [-0.15, -0.1) is 0 Å². The van der Waals surface area contributed by atoms with Gasteiger partial charge in [0.2, 0.25) is 0 Å². The second kappa shape index (κ2) is 4.28. The zero-order valence-electron chi connectivity index (χ0n) is 11.5. The second-order valence-corrected chi connectivity index (χ2v) is 6.56. The minimum absolute atomic E-state index is 0.272. The summed E-state index contributed by atoms with van der Waals surface area (Å²) < 4.78 is 0. The molecule has 100 valence electrons. The van der Waals surface area contributed by atoms with Gasteiger partial charge in [-0.25, -0.2) is 15.8 Å². The molecule has 1 saturated carbocycles. The summed E-state index contributed by atoms with van der Waals surface area (Å²) >= 11 is 1.50. The summed E-state index contributed by atoms with van der Waals surface area (Å²) in [6.45, 7) is 9.07. The first kappa shape index (κ1) is 13.4. The molecular formula is C12H21N5S. The summed E-state index contributed by atoms with van der Waals surface area (Å²) in [6.07, 6.45) is 1.95. The lowest BCUT2D eigenvalue weighted by atomic mass is 10.0. The Morgan fingerprint density at radius 3 is 2.17 bits per heavy atom. The van der Waals surface area contributed by atoms with Gasteiger partial charge in [0.15, 0.2) is 5.16 Å². The van der Waals surface area contributed by atoms with Crippen molar-refractivity contribution in [2.45, 2.75) is 38.9 Å². The van der Waals surface area contributed by atoms with E-state index in [2.05, 4.69) is 48.4 Å². The van der Waals surface area contributed by atoms with Gasteiger partial charge in [-0.3, -0.25) is 0 Å². The molecule has 1 fully saturated rings. The summed E-state index contributed by atoms with van der Waals surface area (Å²) in [5, 5.41) is 4.20. The average Bonchev–Trinajstić information content (AvgIpc) is 2.71. The molecule has 0 unspecified atom stereocenters. The minimum atomic E-state index is 0.272. The van der Waals surface area contributed by atoms with Crippen LogP contribution in [0.5, 0.6) is 0 Å². The number of hydrazine groups is 1. The molecule has 18 heavy (non-hydrogen) atoms. The van der Waals surface area contributed by atoms with Crippen LogP contribution in [0.4, 0.5) is 11.6 Å². The summed E-state index contributed by atoms with van der Waals surface area (Å²) in [5.41, 5.74) is 3.12. The maximum absolute atomic E-state index is 5.42. The fraction of sp³-hybridized carbons (Fsp3) is 0.667. The first-order chi connectivity index (χ1) is 8.32. The molecule has 0 aromatic carbocycles. The van der Waals surface area contributed by atoms with Gasteiger partial charge in [0, 0.05) is 12.1 Å². The van der Waals surface area contributed by atoms with E-state index in [4.69, 9.17) is 5.84 Å². The number of hydrogen-bond donors (Lipinski definition) is 3. The fourth-order valence-electron chi connectivity index (χ4n) is 2.37. The number of nitrogens with two attached hydrogens (primary N) is 1. The van der Waals surface area contributed by atoms with Gasteiger partial charge >= 0.3 is 0 Å². The Bertz CT molecular complexity index is 422. The van der Waals surface area contributed by atoms with Crippen molar-refractivity contribution >= 4 is 23.4 Å². The van der Waals surface area contributed by atoms with Crippen LogP contribution in [-0.4, -0.2) is 22.3 Å². The van der Waals surface area contributed by atoms with E-state index in [-0.39, 0.29) is 10.8 Å². The van der Waals surface area contributed by atoms with Crippen LogP contribution >= 0.6 is 11.8 Å². The standard InChI is InChI=1S/C12H21N5S/c1-11(2)9(12(11,3)4)14-7-6-8(17-13)16-10(15-7)18-5/h6,9H,13H2,1-5H3,(H2,14,15,16,17). The van der Waals surface area contributed by atoms with Gasteiger partial charge in [-0.1, -0.05) is 39.5 Å². The number of aromatic nitrogens is 2. The molecule has 5 nitrogen and oxygen atoms in total. The van der Waals surface area contributed by atoms with Crippen LogP contribution in [0, 0.1) is 10.8 Å². The zero-order valence-corrected chi connectivity index (χ0v) is 12.4. The first-order valence-electron chi connectivity index (χ1n) is 5.99. The first-order valence-corrected chi connectivity index (χ1v) is 7.21. The maximum Gasteiger partial charge on any atom is 0.191 e. The number of nitrogens with one attached hydrogen (secondary N) is 2. The fourth-order valence-corrected chi connectivity index (χ4v) is 2.75. The van der Waals surface area contributed by atoms with Gasteiger partial charge in [-0.2, -0.15) is 0 Å². The Kier molecular flexibility index (Phi) is 3.19. The monoisotopic (exact) mass is 267 g/mol. The van der Waals surface area contributed by atoms with Crippen LogP contribution in [0.1, 0.15) is 27.7 Å². The Morgan fingerprint density at radius 1 is 1.17 bits per heavy atom. The predicted octanol–water partition coefficient (Wildman–Crippen LogP) is 2.33. The SMILES string of the molecule is CSc1nc(NN)cc(NC2C(C)(C)C2(C)C)n1. The largest absolute Gasteiger partial charge is 0.366 e. The highest BCUT2D eigenvalue weighted by Gasteiger charge is 2.65. The molecule has 4 N–H and O–H groups in total. The molecule has 1 aliphatic rings. The maximum atomic E-state index is 5.42. The lowest BCUT2D eigenvalue weighted by Gasteiger charge is -2.10. The molecule has 0 bridgehead atoms. The molecule has 0 saturated heterocycles. The van der Waals surface area contributed by atoms with E-state index >= 15 is 0 Å². The highest BCUT2D eigenvalue weighted by molar-refractivity contribution is 7.98. The molecular weight excluding hydrogens is 246 g/mol. The number of thioether (sulfide) groups is 1. The molecule has 0 radical (unpaired) electrons. The number of hydrogen-bond acceptors (Lipinski definition) is 6. The Morgan fingerprint density at radius 2 is 1.72 bits per heavy atom. The molecule has 1 aromatic heterocycles. The normalized spacial score (nSPS) is 20.6. The zero-order chi connectivity index (χ0) is 13.6. The van der Waals surface area contributed by atoms with Gasteiger partial charge in [0.05, 0.1) is 0 Å². The van der Waals surface area contributed by atoms with Gasteiger partial charge in [0.25, 0.3) is 0 Å². The summed E-state index contributed by atoms with van der Waals surface area (Å²) in [7, 11) is 0. The lowest BCUT2D eigenvalue weighted by molar-refractivity contribution is 0.457. The van der Waals surface area contributed by atoms with Crippen LogP contribution in [0.15, 0.2) is 11.2 Å². The summed E-state index contributed by atoms with van der Waals surface area (Å²) in [5.74, 6) is 6.88. The van der Waals surface area contributed by atoms with Crippen molar-refractivity contribution in [3.63, 3.8) is 0 Å². The third-order valence-corrected chi connectivity index (χ3v) is 4.90. The van der Waals surface area contributed by atoms with Gasteiger partial charge < -0.3 is 10.7 Å². The van der Waals surface area contributed by atoms with Gasteiger partial charge in [0.1, 0.15) is 11.6 Å². The number of anilines is 2. The van der Waals surface area contributed by atoms with E-state index in [0.717, 1.165) is 5.82 Å². The molecule has 6 heteroatoms. The number of nitrogens with zero attached hydrogens (tertiary/aromatic N) is 2. The van der Waals surface area contributed by atoms with Crippen LogP contribution in [0.25, 0.3) is 0 Å². The van der Waals surface area contributed by atoms with E-state index in [9.17, 15) is 0 Å². The Labute approximate surface area is 112 Å². The average molecular weight is 267 g/mol. The van der Waals surface area contributed by atoms with Crippen LogP contribution < -0.4 is 16.6 Å². The van der Waals surface area contributed by atoms with E-state index in [1.807, 2.05) is 12.3 Å². The van der Waals surface area contributed by atoms with E-state index < -0.39 is 0 Å². The topological polar surface area (TPSA) is 75.9 Å².